The molecule has 3 rings (SSSR count). The van der Waals surface area contributed by atoms with Crippen LogP contribution in [-0.4, -0.2) is 77.7 Å². The minimum Gasteiger partial charge on any atom is -0.484 e. The van der Waals surface area contributed by atoms with E-state index in [1.54, 1.807) is 9.80 Å². The summed E-state index contributed by atoms with van der Waals surface area (Å²) < 4.78 is 6.59. The highest BCUT2D eigenvalue weighted by atomic mass is 127. The number of rotatable bonds is 5. The Balaban J connectivity index is 1.43. The smallest absolute Gasteiger partial charge is 0.260 e. The zero-order valence-corrected chi connectivity index (χ0v) is 16.9. The van der Waals surface area contributed by atoms with Crippen molar-refractivity contribution in [3.63, 3.8) is 0 Å². The van der Waals surface area contributed by atoms with E-state index in [9.17, 15) is 19.2 Å². The molecule has 0 atom stereocenters. The van der Waals surface area contributed by atoms with Crippen LogP contribution in [-0.2, 0) is 19.2 Å². The van der Waals surface area contributed by atoms with Gasteiger partial charge in [0.1, 0.15) is 12.3 Å². The van der Waals surface area contributed by atoms with Gasteiger partial charge in [-0.05, 0) is 46.9 Å². The van der Waals surface area contributed by atoms with E-state index < -0.39 is 0 Å². The standard InChI is InChI=1S/C18H20IN3O5/c19-13-1-3-14(4-2-13)27-12-18(26)21-9-7-20(8-10-21)17(25)11-22-15(23)5-6-16(22)24/h1-4H,5-12H2. The lowest BCUT2D eigenvalue weighted by Crippen LogP contribution is -2.53. The molecule has 2 saturated heterocycles. The van der Waals surface area contributed by atoms with E-state index >= 15 is 0 Å². The zero-order valence-electron chi connectivity index (χ0n) is 14.7. The van der Waals surface area contributed by atoms with Crippen molar-refractivity contribution in [1.82, 2.24) is 14.7 Å². The molecule has 0 unspecified atom stereocenters. The van der Waals surface area contributed by atoms with Crippen molar-refractivity contribution in [2.75, 3.05) is 39.3 Å². The second-order valence-corrected chi connectivity index (χ2v) is 7.62. The van der Waals surface area contributed by atoms with Gasteiger partial charge in [-0.2, -0.15) is 0 Å². The first-order valence-corrected chi connectivity index (χ1v) is 9.79. The number of ether oxygens (including phenoxy) is 1. The minimum absolute atomic E-state index is 0.0503. The van der Waals surface area contributed by atoms with Gasteiger partial charge in [0.2, 0.25) is 17.7 Å². The molecule has 9 heteroatoms. The number of amides is 4. The Morgan fingerprint density at radius 3 is 1.96 bits per heavy atom. The van der Waals surface area contributed by atoms with Crippen LogP contribution in [0.1, 0.15) is 12.8 Å². The van der Waals surface area contributed by atoms with Crippen LogP contribution in [0, 0.1) is 3.57 Å². The summed E-state index contributed by atoms with van der Waals surface area (Å²) in [6, 6.07) is 7.43. The van der Waals surface area contributed by atoms with Crippen LogP contribution in [0.15, 0.2) is 24.3 Å². The van der Waals surface area contributed by atoms with Crippen LogP contribution in [0.4, 0.5) is 0 Å². The molecular formula is C18H20IN3O5. The molecule has 0 spiro atoms. The van der Waals surface area contributed by atoms with Gasteiger partial charge in [0.05, 0.1) is 0 Å². The maximum atomic E-state index is 12.3. The normalized spacial score (nSPS) is 17.4. The number of likely N-dealkylation sites (tertiary alicyclic amines) is 1. The highest BCUT2D eigenvalue weighted by Crippen LogP contribution is 2.14. The van der Waals surface area contributed by atoms with E-state index in [0.717, 1.165) is 8.47 Å². The summed E-state index contributed by atoms with van der Waals surface area (Å²) in [5.41, 5.74) is 0. The molecule has 2 heterocycles. The van der Waals surface area contributed by atoms with Crippen molar-refractivity contribution in [3.8, 4) is 5.75 Å². The number of imide groups is 1. The summed E-state index contributed by atoms with van der Waals surface area (Å²) in [6.07, 6.45) is 0.351. The third-order valence-electron chi connectivity index (χ3n) is 4.61. The lowest BCUT2D eigenvalue weighted by molar-refractivity contribution is -0.147. The lowest BCUT2D eigenvalue weighted by Gasteiger charge is -2.35. The number of piperazine rings is 1. The molecule has 27 heavy (non-hydrogen) atoms. The van der Waals surface area contributed by atoms with Crippen LogP contribution in [0.25, 0.3) is 0 Å². The van der Waals surface area contributed by atoms with E-state index in [1.807, 2.05) is 24.3 Å². The third kappa shape index (κ3) is 4.96. The quantitative estimate of drug-likeness (QED) is 0.448. The van der Waals surface area contributed by atoms with E-state index in [0.29, 0.717) is 31.9 Å². The fourth-order valence-corrected chi connectivity index (χ4v) is 3.37. The van der Waals surface area contributed by atoms with Crippen molar-refractivity contribution in [1.29, 1.82) is 0 Å². The number of hydrogen-bond donors (Lipinski definition) is 0. The summed E-state index contributed by atoms with van der Waals surface area (Å²) in [4.78, 5) is 52.1. The molecule has 2 fully saturated rings. The van der Waals surface area contributed by atoms with Crippen LogP contribution < -0.4 is 4.74 Å². The van der Waals surface area contributed by atoms with Gasteiger partial charge in [0.25, 0.3) is 5.91 Å². The highest BCUT2D eigenvalue weighted by molar-refractivity contribution is 14.1. The summed E-state index contributed by atoms with van der Waals surface area (Å²) in [5, 5.41) is 0. The second kappa shape index (κ2) is 8.68. The van der Waals surface area contributed by atoms with E-state index in [4.69, 9.17) is 4.74 Å². The Hall–Kier alpha value is -2.17. The van der Waals surface area contributed by atoms with Crippen LogP contribution in [0.5, 0.6) is 5.75 Å². The van der Waals surface area contributed by atoms with Gasteiger partial charge in [0, 0.05) is 42.6 Å². The van der Waals surface area contributed by atoms with Gasteiger partial charge < -0.3 is 14.5 Å². The Labute approximate surface area is 170 Å². The first-order valence-electron chi connectivity index (χ1n) is 8.71. The summed E-state index contributed by atoms with van der Waals surface area (Å²) in [5.74, 6) is -0.353. The van der Waals surface area contributed by atoms with Crippen molar-refractivity contribution in [2.45, 2.75) is 12.8 Å². The number of nitrogens with zero attached hydrogens (tertiary/aromatic N) is 3. The molecule has 144 valence electrons. The molecule has 1 aromatic carbocycles. The highest BCUT2D eigenvalue weighted by Gasteiger charge is 2.33. The fourth-order valence-electron chi connectivity index (χ4n) is 3.01. The van der Waals surface area contributed by atoms with E-state index in [2.05, 4.69) is 22.6 Å². The van der Waals surface area contributed by atoms with Gasteiger partial charge in [-0.25, -0.2) is 0 Å². The van der Waals surface area contributed by atoms with Gasteiger partial charge in [-0.1, -0.05) is 0 Å². The molecule has 0 aliphatic carbocycles. The molecule has 0 saturated carbocycles. The Bertz CT molecular complexity index is 728. The number of carbonyl (C=O) groups excluding carboxylic acids is 4. The van der Waals surface area contributed by atoms with Crippen molar-refractivity contribution >= 4 is 46.2 Å². The minimum atomic E-state index is -0.296. The van der Waals surface area contributed by atoms with E-state index in [1.165, 1.54) is 0 Å². The third-order valence-corrected chi connectivity index (χ3v) is 5.33. The molecule has 2 aliphatic rings. The second-order valence-electron chi connectivity index (χ2n) is 6.38. The maximum Gasteiger partial charge on any atom is 0.260 e. The topological polar surface area (TPSA) is 87.2 Å². The zero-order chi connectivity index (χ0) is 19.4. The Kier molecular flexibility index (Phi) is 6.30. The number of hydrogen-bond acceptors (Lipinski definition) is 5. The van der Waals surface area contributed by atoms with Crippen LogP contribution in [0.3, 0.4) is 0 Å². The van der Waals surface area contributed by atoms with E-state index in [-0.39, 0.29) is 49.6 Å². The molecule has 1 aromatic rings. The number of carbonyl (C=O) groups is 4. The molecule has 0 bridgehead atoms. The Morgan fingerprint density at radius 1 is 0.889 bits per heavy atom. The van der Waals surface area contributed by atoms with Gasteiger partial charge in [0.15, 0.2) is 6.61 Å². The average Bonchev–Trinajstić information content (AvgIpc) is 2.99. The molecule has 0 aromatic heterocycles. The maximum absolute atomic E-state index is 12.3. The number of halogens is 1. The molecule has 0 radical (unpaired) electrons. The largest absolute Gasteiger partial charge is 0.484 e. The van der Waals surface area contributed by atoms with Crippen LogP contribution >= 0.6 is 22.6 Å². The van der Waals surface area contributed by atoms with Gasteiger partial charge in [-0.15, -0.1) is 0 Å². The van der Waals surface area contributed by atoms with Crippen molar-refractivity contribution < 1.29 is 23.9 Å². The molecule has 0 N–H and O–H groups in total. The lowest BCUT2D eigenvalue weighted by atomic mass is 10.3. The molecular weight excluding hydrogens is 465 g/mol. The van der Waals surface area contributed by atoms with Gasteiger partial charge >= 0.3 is 0 Å². The molecule has 8 nitrogen and oxygen atoms in total. The van der Waals surface area contributed by atoms with Crippen LogP contribution in [0.2, 0.25) is 0 Å². The predicted molar refractivity (Wildman–Crippen MR) is 104 cm³/mol. The SMILES string of the molecule is O=C(COc1ccc(I)cc1)N1CCN(C(=O)CN2C(=O)CCC2=O)CC1. The van der Waals surface area contributed by atoms with Crippen molar-refractivity contribution in [2.24, 2.45) is 0 Å². The van der Waals surface area contributed by atoms with Gasteiger partial charge in [-0.3, -0.25) is 24.1 Å². The molecule has 4 amide bonds. The first-order chi connectivity index (χ1) is 12.9. The summed E-state index contributed by atoms with van der Waals surface area (Å²) in [6.45, 7) is 1.31. The fraction of sp³-hybridized carbons (Fsp3) is 0.444. The Morgan fingerprint density at radius 2 is 1.41 bits per heavy atom. The average molecular weight is 485 g/mol. The monoisotopic (exact) mass is 485 g/mol. The molecule has 2 aliphatic heterocycles. The summed E-state index contributed by atoms with van der Waals surface area (Å²) >= 11 is 2.19. The first kappa shape index (κ1) is 19.6. The number of benzene rings is 1. The predicted octanol–water partition coefficient (Wildman–Crippen LogP) is 0.490. The van der Waals surface area contributed by atoms with Crippen molar-refractivity contribution in [3.05, 3.63) is 27.8 Å². The summed E-state index contributed by atoms with van der Waals surface area (Å²) in [7, 11) is 0.